The van der Waals surface area contributed by atoms with Crippen molar-refractivity contribution in [1.29, 1.82) is 0 Å². The number of carbonyl (C=O) groups is 1. The van der Waals surface area contributed by atoms with Crippen molar-refractivity contribution in [3.8, 4) is 0 Å². The summed E-state index contributed by atoms with van der Waals surface area (Å²) in [5, 5.41) is 0.698. The van der Waals surface area contributed by atoms with E-state index in [1.54, 1.807) is 5.57 Å². The van der Waals surface area contributed by atoms with Crippen LogP contribution in [0.2, 0.25) is 0 Å². The molecule has 0 aromatic heterocycles. The average molecular weight is 791 g/mol. The Bertz CT molecular complexity index is 1040. The smallest absolute Gasteiger partial charge is 0.223 e. The Hall–Kier alpha value is 0.410. The quantitative estimate of drug-likeness (QED) is 0.0688. The third kappa shape index (κ3) is 13.3. The Labute approximate surface area is 336 Å². The minimum absolute atomic E-state index is 0. The van der Waals surface area contributed by atoms with Crippen LogP contribution in [0.5, 0.6) is 0 Å². The Morgan fingerprint density at radius 1 is 0.824 bits per heavy atom. The lowest BCUT2D eigenvalue weighted by Gasteiger charge is -2.58. The molecule has 4 N–H and O–H groups in total. The van der Waals surface area contributed by atoms with E-state index in [1.807, 2.05) is 10.8 Å². The van der Waals surface area contributed by atoms with E-state index < -0.39 is 0 Å². The summed E-state index contributed by atoms with van der Waals surface area (Å²) in [6, 6.07) is 0.450. The number of hydrogen-bond donors (Lipinski definition) is 2. The molecule has 8 heteroatoms. The fraction of sp³-hybridized carbons (Fsp3) is 0.930. The van der Waals surface area contributed by atoms with Crippen LogP contribution < -0.4 is 11.5 Å². The lowest BCUT2D eigenvalue weighted by molar-refractivity contribution is -0.130. The van der Waals surface area contributed by atoms with Gasteiger partial charge in [0.05, 0.1) is 0 Å². The van der Waals surface area contributed by atoms with Crippen LogP contribution in [0.25, 0.3) is 0 Å². The zero-order valence-electron chi connectivity index (χ0n) is 34.0. The number of nitrogens with two attached hydrogens (primary N) is 2. The van der Waals surface area contributed by atoms with E-state index >= 15 is 0 Å². The van der Waals surface area contributed by atoms with Crippen molar-refractivity contribution in [1.82, 2.24) is 4.90 Å². The number of allylic oxidation sites excluding steroid dienone is 2. The normalized spacial score (nSPS) is 31.6. The van der Waals surface area contributed by atoms with Gasteiger partial charge in [0.25, 0.3) is 0 Å². The standard InChI is InChI=1S/C43H79N3OS2.2ClH/c1-31(2)14-13-15-32(3)38-19-20-39-37-18-17-35-30-36(21-25-42(35,6)40(37)22-26-43(38,39)7)49-48-29-24-41(47)46(28-23-34(5)45)27-12-10-8-9-11-16-33(4)44;;/h17,31-34,36-40H,8-16,18-30,44-45H2,1-7H3;2*1H/t32-,33?,34?,36+,37+,38-,39+,40+,42+,43-;;/m1../s1. The molecule has 4 aliphatic carbocycles. The largest absolute Gasteiger partial charge is 0.343 e. The van der Waals surface area contributed by atoms with Crippen LogP contribution in [-0.4, -0.2) is 47.0 Å². The Morgan fingerprint density at radius 3 is 2.24 bits per heavy atom. The minimum atomic E-state index is 0. The molecule has 0 bridgehead atoms. The number of hydrogen-bond acceptors (Lipinski definition) is 5. The number of rotatable bonds is 21. The fourth-order valence-electron chi connectivity index (χ4n) is 11.2. The van der Waals surface area contributed by atoms with Crippen molar-refractivity contribution >= 4 is 52.3 Å². The Morgan fingerprint density at radius 2 is 1.53 bits per heavy atom. The summed E-state index contributed by atoms with van der Waals surface area (Å²) in [7, 11) is 4.05. The van der Waals surface area contributed by atoms with Gasteiger partial charge in [-0.05, 0) is 131 Å². The molecule has 3 saturated carbocycles. The van der Waals surface area contributed by atoms with E-state index in [4.69, 9.17) is 11.5 Å². The number of amides is 1. The molecule has 1 amide bonds. The van der Waals surface area contributed by atoms with E-state index in [-0.39, 0.29) is 30.9 Å². The molecular formula is C43H81Cl2N3OS2. The van der Waals surface area contributed by atoms with Crippen LogP contribution in [0.3, 0.4) is 0 Å². The van der Waals surface area contributed by atoms with E-state index in [0.717, 1.165) is 73.6 Å². The molecule has 0 saturated heterocycles. The molecule has 0 aliphatic heterocycles. The molecule has 0 heterocycles. The van der Waals surface area contributed by atoms with E-state index in [1.165, 1.54) is 96.3 Å². The van der Waals surface area contributed by atoms with Gasteiger partial charge >= 0.3 is 0 Å². The van der Waals surface area contributed by atoms with Crippen LogP contribution >= 0.6 is 46.4 Å². The monoisotopic (exact) mass is 790 g/mol. The first-order valence-electron chi connectivity index (χ1n) is 21.1. The van der Waals surface area contributed by atoms with E-state index in [9.17, 15) is 4.79 Å². The van der Waals surface area contributed by atoms with E-state index in [0.29, 0.717) is 34.4 Å². The summed E-state index contributed by atoms with van der Waals surface area (Å²) in [5.41, 5.74) is 14.8. The average Bonchev–Trinajstić information content (AvgIpc) is 3.40. The van der Waals surface area contributed by atoms with Crippen LogP contribution in [0.4, 0.5) is 0 Å². The lowest BCUT2D eigenvalue weighted by Crippen LogP contribution is -2.50. The Balaban J connectivity index is 0.00000451. The molecule has 4 aliphatic rings. The van der Waals surface area contributed by atoms with Gasteiger partial charge in [-0.1, -0.05) is 113 Å². The summed E-state index contributed by atoms with van der Waals surface area (Å²) >= 11 is 0. The van der Waals surface area contributed by atoms with Crippen LogP contribution in [0.1, 0.15) is 170 Å². The summed E-state index contributed by atoms with van der Waals surface area (Å²) in [4.78, 5) is 15.4. The molecule has 2 unspecified atom stereocenters. The number of nitrogens with zero attached hydrogens (tertiary/aromatic N) is 1. The van der Waals surface area contributed by atoms with Gasteiger partial charge in [0.15, 0.2) is 0 Å². The van der Waals surface area contributed by atoms with Crippen LogP contribution in [-0.2, 0) is 4.79 Å². The number of fused-ring (bicyclic) bond motifs is 5. The zero-order valence-corrected chi connectivity index (χ0v) is 37.2. The SMILES string of the molecule is CC(C)CCC[C@@H](C)[C@H]1CC[C@H]2[C@@H]3CC=C4C[C@@H](SSCCC(=O)N(CCCCCCCC(C)N)CCC(C)N)CC[C@]4(C)[C@H]3CC[C@]12C.Cl.Cl. The van der Waals surface area contributed by atoms with Crippen LogP contribution in [0.15, 0.2) is 11.6 Å². The second-order valence-electron chi connectivity index (χ2n) is 18.5. The van der Waals surface area contributed by atoms with Gasteiger partial charge in [-0.2, -0.15) is 0 Å². The highest BCUT2D eigenvalue weighted by Crippen LogP contribution is 2.67. The van der Waals surface area contributed by atoms with Crippen molar-refractivity contribution in [2.24, 2.45) is 57.8 Å². The molecule has 300 valence electrons. The first-order valence-corrected chi connectivity index (χ1v) is 23.5. The van der Waals surface area contributed by atoms with Crippen molar-refractivity contribution in [3.05, 3.63) is 11.6 Å². The molecule has 0 spiro atoms. The molecule has 0 aromatic rings. The van der Waals surface area contributed by atoms with Crippen molar-refractivity contribution in [2.75, 3.05) is 18.8 Å². The summed E-state index contributed by atoms with van der Waals surface area (Å²) in [6.07, 6.45) is 26.9. The maximum Gasteiger partial charge on any atom is 0.223 e. The third-order valence-corrected chi connectivity index (χ3v) is 17.1. The summed E-state index contributed by atoms with van der Waals surface area (Å²) < 4.78 is 0. The van der Waals surface area contributed by atoms with Gasteiger partial charge < -0.3 is 16.4 Å². The first-order chi connectivity index (χ1) is 23.3. The van der Waals surface area contributed by atoms with Crippen LogP contribution in [0, 0.1) is 46.3 Å². The fourth-order valence-corrected chi connectivity index (χ4v) is 13.8. The molecule has 51 heavy (non-hydrogen) atoms. The lowest BCUT2D eigenvalue weighted by atomic mass is 9.47. The number of carbonyl (C=O) groups excluding carboxylic acids is 1. The molecule has 4 rings (SSSR count). The second-order valence-corrected chi connectivity index (χ2v) is 21.3. The highest BCUT2D eigenvalue weighted by atomic mass is 35.5. The molecule has 3 fully saturated rings. The van der Waals surface area contributed by atoms with Gasteiger partial charge in [-0.15, -0.1) is 24.8 Å². The van der Waals surface area contributed by atoms with Crippen molar-refractivity contribution in [2.45, 2.75) is 188 Å². The maximum atomic E-state index is 13.3. The Kier molecular flexibility index (Phi) is 21.3. The van der Waals surface area contributed by atoms with E-state index in [2.05, 4.69) is 70.2 Å². The predicted molar refractivity (Wildman–Crippen MR) is 232 cm³/mol. The third-order valence-electron chi connectivity index (χ3n) is 14.2. The highest BCUT2D eigenvalue weighted by Gasteiger charge is 2.59. The predicted octanol–water partition coefficient (Wildman–Crippen LogP) is 12.3. The maximum absolute atomic E-state index is 13.3. The first kappa shape index (κ1) is 47.6. The highest BCUT2D eigenvalue weighted by molar-refractivity contribution is 8.76. The summed E-state index contributed by atoms with van der Waals surface area (Å²) in [6.45, 7) is 18.6. The van der Waals surface area contributed by atoms with Crippen molar-refractivity contribution in [3.63, 3.8) is 0 Å². The number of halogens is 2. The molecular weight excluding hydrogens is 710 g/mol. The molecule has 4 nitrogen and oxygen atoms in total. The molecule has 10 atom stereocenters. The van der Waals surface area contributed by atoms with Gasteiger partial charge in [0.1, 0.15) is 0 Å². The summed E-state index contributed by atoms with van der Waals surface area (Å²) in [5.74, 6) is 6.67. The van der Waals surface area contributed by atoms with Gasteiger partial charge in [0, 0.05) is 42.6 Å². The molecule has 0 radical (unpaired) electrons. The van der Waals surface area contributed by atoms with Gasteiger partial charge in [-0.25, -0.2) is 0 Å². The number of unbranched alkanes of at least 4 members (excludes halogenated alkanes) is 4. The molecule has 0 aromatic carbocycles. The van der Waals surface area contributed by atoms with Crippen molar-refractivity contribution < 1.29 is 4.79 Å². The van der Waals surface area contributed by atoms with Gasteiger partial charge in [0.2, 0.25) is 5.91 Å². The minimum Gasteiger partial charge on any atom is -0.343 e. The second kappa shape index (κ2) is 22.8. The van der Waals surface area contributed by atoms with Gasteiger partial charge in [-0.3, -0.25) is 4.79 Å². The topological polar surface area (TPSA) is 72.3 Å². The zero-order chi connectivity index (χ0) is 35.6.